The van der Waals surface area contributed by atoms with Crippen LogP contribution in [0.4, 0.5) is 0 Å². The molecule has 9 heteroatoms. The minimum atomic E-state index is -1.66. The number of rotatable bonds is 3. The third-order valence-electron chi connectivity index (χ3n) is 5.79. The molecule has 0 bridgehead atoms. The summed E-state index contributed by atoms with van der Waals surface area (Å²) in [5.41, 5.74) is 1.73. The van der Waals surface area contributed by atoms with Gasteiger partial charge in [-0.05, 0) is 38.7 Å². The molecule has 2 fully saturated rings. The Morgan fingerprint density at radius 1 is 1.23 bits per heavy atom. The van der Waals surface area contributed by atoms with E-state index in [4.69, 9.17) is 14.2 Å². The number of hydrogen-bond donors (Lipinski definition) is 4. The molecule has 2 saturated heterocycles. The van der Waals surface area contributed by atoms with E-state index in [1.165, 1.54) is 0 Å². The monoisotopic (exact) mass is 424 g/mol. The largest absolute Gasteiger partial charge is 0.454 e. The molecule has 0 saturated carbocycles. The fraction of sp³-hybridized carbons (Fsp3) is 0.619. The normalized spacial score (nSPS) is 41.0. The first kappa shape index (κ1) is 22.6. The molecule has 0 aromatic carbocycles. The predicted octanol–water partition coefficient (Wildman–Crippen LogP) is -0.126. The molecule has 2 heterocycles. The molecule has 3 rings (SSSR count). The predicted molar refractivity (Wildman–Crippen MR) is 103 cm³/mol. The highest BCUT2D eigenvalue weighted by Crippen LogP contribution is 2.34. The van der Waals surface area contributed by atoms with Crippen molar-refractivity contribution in [2.24, 2.45) is 5.92 Å². The summed E-state index contributed by atoms with van der Waals surface area (Å²) in [6.07, 6.45) is -2.34. The van der Waals surface area contributed by atoms with E-state index in [1.807, 2.05) is 13.0 Å². The van der Waals surface area contributed by atoms with Gasteiger partial charge in [-0.2, -0.15) is 0 Å². The topological polar surface area (TPSA) is 143 Å². The van der Waals surface area contributed by atoms with Gasteiger partial charge < -0.3 is 34.6 Å². The van der Waals surface area contributed by atoms with E-state index >= 15 is 0 Å². The lowest BCUT2D eigenvalue weighted by atomic mass is 9.88. The standard InChI is InChI=1S/C21H28O9/c1-10-4-3-5-12(6-7-13-11(2)19(26)28-14(13)8-10)20(27)30-21-18(25)17(24)16(23)15(9-22)29-21/h5,8,13-18,21-25H,2-4,6-7,9H2,1H3/b10-8+,12-5-/t13-,14+,15+,16+,17-,18+,21-/m0/s1. The number of esters is 2. The van der Waals surface area contributed by atoms with Gasteiger partial charge in [0.1, 0.15) is 30.5 Å². The second-order valence-electron chi connectivity index (χ2n) is 7.92. The minimum Gasteiger partial charge on any atom is -0.454 e. The second kappa shape index (κ2) is 9.40. The average molecular weight is 424 g/mol. The molecular weight excluding hydrogens is 396 g/mol. The number of carbonyl (C=O) groups is 2. The van der Waals surface area contributed by atoms with Crippen LogP contribution in [0.25, 0.3) is 0 Å². The van der Waals surface area contributed by atoms with Gasteiger partial charge in [0.2, 0.25) is 6.29 Å². The van der Waals surface area contributed by atoms with E-state index in [-0.39, 0.29) is 5.92 Å². The molecule has 0 amide bonds. The maximum atomic E-state index is 12.8. The fourth-order valence-electron chi connectivity index (χ4n) is 3.90. The number of carbonyl (C=O) groups excluding carboxylic acids is 2. The zero-order chi connectivity index (χ0) is 22.0. The molecule has 0 unspecified atom stereocenters. The van der Waals surface area contributed by atoms with Crippen LogP contribution in [-0.2, 0) is 23.8 Å². The van der Waals surface area contributed by atoms with Crippen LogP contribution in [-0.4, -0.2) is 75.8 Å². The number of aliphatic hydroxyl groups excluding tert-OH is 4. The number of allylic oxidation sites excluding steroid dienone is 2. The molecule has 0 spiro atoms. The van der Waals surface area contributed by atoms with Crippen molar-refractivity contribution < 1.29 is 44.2 Å². The Morgan fingerprint density at radius 3 is 2.67 bits per heavy atom. The highest BCUT2D eigenvalue weighted by molar-refractivity contribution is 5.91. The first-order chi connectivity index (χ1) is 14.2. The van der Waals surface area contributed by atoms with Crippen LogP contribution in [0.2, 0.25) is 0 Å². The van der Waals surface area contributed by atoms with Crippen molar-refractivity contribution in [3.8, 4) is 0 Å². The van der Waals surface area contributed by atoms with Crippen LogP contribution in [0.15, 0.2) is 35.5 Å². The average Bonchev–Trinajstić information content (AvgIpc) is 2.97. The lowest BCUT2D eigenvalue weighted by molar-refractivity contribution is -0.291. The molecule has 2 aliphatic heterocycles. The van der Waals surface area contributed by atoms with Crippen LogP contribution in [0.5, 0.6) is 0 Å². The van der Waals surface area contributed by atoms with Crippen LogP contribution in [0.3, 0.4) is 0 Å². The van der Waals surface area contributed by atoms with Gasteiger partial charge in [0, 0.05) is 17.1 Å². The summed E-state index contributed by atoms with van der Waals surface area (Å²) in [7, 11) is 0. The second-order valence-corrected chi connectivity index (χ2v) is 7.92. The van der Waals surface area contributed by atoms with E-state index in [9.17, 15) is 30.0 Å². The molecule has 1 aliphatic carbocycles. The van der Waals surface area contributed by atoms with Crippen LogP contribution < -0.4 is 0 Å². The Kier molecular flexibility index (Phi) is 7.10. The summed E-state index contributed by atoms with van der Waals surface area (Å²) in [5, 5.41) is 39.1. The van der Waals surface area contributed by atoms with Gasteiger partial charge >= 0.3 is 11.9 Å². The van der Waals surface area contributed by atoms with Gasteiger partial charge in [0.05, 0.1) is 6.61 Å². The summed E-state index contributed by atoms with van der Waals surface area (Å²) >= 11 is 0. The highest BCUT2D eigenvalue weighted by atomic mass is 16.7. The first-order valence-electron chi connectivity index (χ1n) is 10.0. The van der Waals surface area contributed by atoms with E-state index in [0.29, 0.717) is 36.8 Å². The van der Waals surface area contributed by atoms with Crippen LogP contribution >= 0.6 is 0 Å². The highest BCUT2D eigenvalue weighted by Gasteiger charge is 2.45. The summed E-state index contributed by atoms with van der Waals surface area (Å²) < 4.78 is 15.9. The number of hydrogen-bond acceptors (Lipinski definition) is 9. The van der Waals surface area contributed by atoms with E-state index in [1.54, 1.807) is 6.08 Å². The van der Waals surface area contributed by atoms with E-state index in [0.717, 1.165) is 5.57 Å². The molecule has 4 N–H and O–H groups in total. The molecule has 0 aromatic rings. The molecular formula is C21H28O9. The molecule has 0 radical (unpaired) electrons. The van der Waals surface area contributed by atoms with Crippen molar-refractivity contribution >= 4 is 11.9 Å². The van der Waals surface area contributed by atoms with Crippen molar-refractivity contribution in [2.75, 3.05) is 6.61 Å². The Morgan fingerprint density at radius 2 is 1.97 bits per heavy atom. The van der Waals surface area contributed by atoms with E-state index < -0.39 is 55.4 Å². The van der Waals surface area contributed by atoms with Crippen molar-refractivity contribution in [1.82, 2.24) is 0 Å². The number of ether oxygens (including phenoxy) is 3. The van der Waals surface area contributed by atoms with Gasteiger partial charge in [-0.15, -0.1) is 0 Å². The van der Waals surface area contributed by atoms with E-state index in [2.05, 4.69) is 6.58 Å². The lowest BCUT2D eigenvalue weighted by Crippen LogP contribution is -2.59. The molecule has 9 nitrogen and oxygen atoms in total. The molecule has 166 valence electrons. The quantitative estimate of drug-likeness (QED) is 0.277. The van der Waals surface area contributed by atoms with Gasteiger partial charge in [-0.3, -0.25) is 0 Å². The smallest absolute Gasteiger partial charge is 0.336 e. The Labute approximate surface area is 174 Å². The third-order valence-corrected chi connectivity index (χ3v) is 5.79. The van der Waals surface area contributed by atoms with Crippen LogP contribution in [0, 0.1) is 5.92 Å². The Bertz CT molecular complexity index is 754. The summed E-state index contributed by atoms with van der Waals surface area (Å²) in [6, 6.07) is 0. The maximum Gasteiger partial charge on any atom is 0.336 e. The zero-order valence-corrected chi connectivity index (χ0v) is 16.8. The Balaban J connectivity index is 1.72. The Hall–Kier alpha value is -2.04. The van der Waals surface area contributed by atoms with Crippen molar-refractivity contribution in [3.63, 3.8) is 0 Å². The minimum absolute atomic E-state index is 0.256. The van der Waals surface area contributed by atoms with Gasteiger partial charge in [0.15, 0.2) is 0 Å². The van der Waals surface area contributed by atoms with Crippen molar-refractivity contribution in [1.29, 1.82) is 0 Å². The van der Waals surface area contributed by atoms with Crippen LogP contribution in [0.1, 0.15) is 32.6 Å². The van der Waals surface area contributed by atoms with Gasteiger partial charge in [-0.1, -0.05) is 18.2 Å². The summed E-state index contributed by atoms with van der Waals surface area (Å²) in [5.74, 6) is -1.44. The summed E-state index contributed by atoms with van der Waals surface area (Å²) in [4.78, 5) is 24.7. The number of fused-ring (bicyclic) bond motifs is 1. The summed E-state index contributed by atoms with van der Waals surface area (Å²) in [6.45, 7) is 5.12. The van der Waals surface area contributed by atoms with Gasteiger partial charge in [-0.25, -0.2) is 9.59 Å². The number of aliphatic hydroxyl groups is 4. The molecule has 3 aliphatic rings. The third kappa shape index (κ3) is 4.65. The molecule has 0 aromatic heterocycles. The zero-order valence-electron chi connectivity index (χ0n) is 16.8. The first-order valence-corrected chi connectivity index (χ1v) is 10.0. The SMILES string of the molecule is C=C1C(=O)O[C@@H]2/C=C(\C)CC/C=C(\C(=O)O[C@@H]3O[C@H](CO)[C@@H](O)[C@H](O)[C@H]3O)CC[C@@H]12. The maximum absolute atomic E-state index is 12.8. The lowest BCUT2D eigenvalue weighted by Gasteiger charge is -2.39. The fourth-order valence-corrected chi connectivity index (χ4v) is 3.90. The van der Waals surface area contributed by atoms with Gasteiger partial charge in [0.25, 0.3) is 0 Å². The molecule has 7 atom stereocenters. The van der Waals surface area contributed by atoms with Crippen molar-refractivity contribution in [2.45, 2.75) is 69.4 Å². The molecule has 30 heavy (non-hydrogen) atoms. The van der Waals surface area contributed by atoms with Crippen molar-refractivity contribution in [3.05, 3.63) is 35.5 Å².